The van der Waals surface area contributed by atoms with E-state index in [-0.39, 0.29) is 11.9 Å². The molecule has 0 saturated carbocycles. The maximum absolute atomic E-state index is 12.6. The fourth-order valence-corrected chi connectivity index (χ4v) is 3.54. The van der Waals surface area contributed by atoms with E-state index in [2.05, 4.69) is 54.4 Å². The molecule has 1 N–H and O–H groups in total. The molecule has 0 spiro atoms. The average Bonchev–Trinajstić information content (AvgIpc) is 3.10. The molecule has 0 radical (unpaired) electrons. The Labute approximate surface area is 151 Å². The molecule has 1 fully saturated rings. The van der Waals surface area contributed by atoms with Crippen LogP contribution in [-0.4, -0.2) is 23.9 Å². The summed E-state index contributed by atoms with van der Waals surface area (Å²) >= 11 is 0. The lowest BCUT2D eigenvalue weighted by molar-refractivity contribution is 0.0940. The fourth-order valence-electron chi connectivity index (χ4n) is 3.54. The minimum Gasteiger partial charge on any atom is -0.346 e. The molecule has 3 rings (SSSR count). The number of nitrogens with zero attached hydrogens (tertiary/aromatic N) is 1. The Bertz CT molecular complexity index is 730. The van der Waals surface area contributed by atoms with Crippen LogP contribution in [0.25, 0.3) is 0 Å². The molecule has 0 aliphatic carbocycles. The van der Waals surface area contributed by atoms with E-state index in [0.29, 0.717) is 0 Å². The van der Waals surface area contributed by atoms with Crippen molar-refractivity contribution in [2.45, 2.75) is 46.2 Å². The summed E-state index contributed by atoms with van der Waals surface area (Å²) in [6.45, 7) is 9.58. The molecule has 1 saturated heterocycles. The first-order valence-corrected chi connectivity index (χ1v) is 9.22. The molecule has 3 heteroatoms. The number of carbonyl (C=O) groups is 1. The van der Waals surface area contributed by atoms with Gasteiger partial charge in [0.05, 0.1) is 6.04 Å². The molecule has 0 bridgehead atoms. The summed E-state index contributed by atoms with van der Waals surface area (Å²) in [7, 11) is 0. The molecule has 1 aliphatic rings. The molecule has 1 heterocycles. The number of benzene rings is 2. The monoisotopic (exact) mass is 336 g/mol. The third-order valence-corrected chi connectivity index (χ3v) is 5.07. The van der Waals surface area contributed by atoms with Crippen LogP contribution in [0.15, 0.2) is 42.5 Å². The van der Waals surface area contributed by atoms with E-state index in [1.165, 1.54) is 48.2 Å². The van der Waals surface area contributed by atoms with E-state index in [1.807, 2.05) is 19.1 Å². The van der Waals surface area contributed by atoms with Gasteiger partial charge in [-0.15, -0.1) is 0 Å². The predicted molar refractivity (Wildman–Crippen MR) is 103 cm³/mol. The van der Waals surface area contributed by atoms with Crippen LogP contribution in [0.1, 0.15) is 58.4 Å². The molecule has 1 unspecified atom stereocenters. The van der Waals surface area contributed by atoms with E-state index < -0.39 is 0 Å². The standard InChI is InChI=1S/C22H28N2O/c1-16-6-7-17(2)21(14-16)18(3)23-22(25)20-10-8-19(9-11-20)15-24-12-4-5-13-24/h6-11,14,18H,4-5,12-13,15H2,1-3H3,(H,23,25). The zero-order valence-electron chi connectivity index (χ0n) is 15.5. The van der Waals surface area contributed by atoms with Crippen molar-refractivity contribution in [3.8, 4) is 0 Å². The lowest BCUT2D eigenvalue weighted by atomic mass is 9.99. The van der Waals surface area contributed by atoms with Gasteiger partial charge in [-0.3, -0.25) is 9.69 Å². The molecule has 25 heavy (non-hydrogen) atoms. The zero-order valence-corrected chi connectivity index (χ0v) is 15.5. The lowest BCUT2D eigenvalue weighted by Gasteiger charge is -2.18. The minimum atomic E-state index is -0.0128. The van der Waals surface area contributed by atoms with Crippen molar-refractivity contribution in [1.29, 1.82) is 0 Å². The second kappa shape index (κ2) is 7.83. The normalized spacial score (nSPS) is 16.0. The summed E-state index contributed by atoms with van der Waals surface area (Å²) in [5, 5.41) is 3.12. The second-order valence-corrected chi connectivity index (χ2v) is 7.24. The van der Waals surface area contributed by atoms with Gasteiger partial charge in [0.25, 0.3) is 5.91 Å². The Kier molecular flexibility index (Phi) is 5.54. The van der Waals surface area contributed by atoms with Crippen molar-refractivity contribution in [1.82, 2.24) is 10.2 Å². The number of hydrogen-bond donors (Lipinski definition) is 1. The summed E-state index contributed by atoms with van der Waals surface area (Å²) in [5.41, 5.74) is 5.61. The Hall–Kier alpha value is -2.13. The summed E-state index contributed by atoms with van der Waals surface area (Å²) in [5.74, 6) is -0.0128. The Morgan fingerprint density at radius 2 is 1.76 bits per heavy atom. The Morgan fingerprint density at radius 3 is 2.44 bits per heavy atom. The van der Waals surface area contributed by atoms with Crippen molar-refractivity contribution in [3.63, 3.8) is 0 Å². The molecule has 1 amide bonds. The molecule has 132 valence electrons. The van der Waals surface area contributed by atoms with E-state index in [4.69, 9.17) is 0 Å². The van der Waals surface area contributed by atoms with Crippen LogP contribution < -0.4 is 5.32 Å². The van der Waals surface area contributed by atoms with Crippen molar-refractivity contribution >= 4 is 5.91 Å². The molecule has 0 aromatic heterocycles. The van der Waals surface area contributed by atoms with Gasteiger partial charge in [-0.05, 0) is 75.5 Å². The maximum atomic E-state index is 12.6. The summed E-state index contributed by atoms with van der Waals surface area (Å²) in [6, 6.07) is 14.4. The van der Waals surface area contributed by atoms with Gasteiger partial charge in [0, 0.05) is 12.1 Å². The van der Waals surface area contributed by atoms with E-state index in [1.54, 1.807) is 0 Å². The summed E-state index contributed by atoms with van der Waals surface area (Å²) < 4.78 is 0. The number of aryl methyl sites for hydroxylation is 2. The first-order chi connectivity index (χ1) is 12.0. The van der Waals surface area contributed by atoms with E-state index >= 15 is 0 Å². The van der Waals surface area contributed by atoms with Crippen LogP contribution in [0.4, 0.5) is 0 Å². The predicted octanol–water partition coefficient (Wildman–Crippen LogP) is 4.39. The highest BCUT2D eigenvalue weighted by atomic mass is 16.1. The number of amides is 1. The number of carbonyl (C=O) groups excluding carboxylic acids is 1. The summed E-state index contributed by atoms with van der Waals surface area (Å²) in [4.78, 5) is 15.0. The Morgan fingerprint density at radius 1 is 1.08 bits per heavy atom. The number of likely N-dealkylation sites (tertiary alicyclic amines) is 1. The summed E-state index contributed by atoms with van der Waals surface area (Å²) in [6.07, 6.45) is 2.60. The molecular weight excluding hydrogens is 308 g/mol. The van der Waals surface area contributed by atoms with Gasteiger partial charge in [0.15, 0.2) is 0 Å². The maximum Gasteiger partial charge on any atom is 0.251 e. The lowest BCUT2D eigenvalue weighted by Crippen LogP contribution is -2.27. The topological polar surface area (TPSA) is 32.3 Å². The van der Waals surface area contributed by atoms with Crippen LogP contribution in [0.2, 0.25) is 0 Å². The first kappa shape index (κ1) is 17.7. The molecule has 2 aromatic rings. The van der Waals surface area contributed by atoms with Crippen LogP contribution in [-0.2, 0) is 6.54 Å². The molecule has 1 atom stereocenters. The van der Waals surface area contributed by atoms with Crippen LogP contribution in [0, 0.1) is 13.8 Å². The van der Waals surface area contributed by atoms with Gasteiger partial charge >= 0.3 is 0 Å². The molecule has 1 aliphatic heterocycles. The highest BCUT2D eigenvalue weighted by molar-refractivity contribution is 5.94. The Balaban J connectivity index is 1.63. The molecule has 2 aromatic carbocycles. The largest absolute Gasteiger partial charge is 0.346 e. The van der Waals surface area contributed by atoms with Crippen molar-refractivity contribution in [2.24, 2.45) is 0 Å². The highest BCUT2D eigenvalue weighted by Crippen LogP contribution is 2.20. The number of rotatable bonds is 5. The third-order valence-electron chi connectivity index (χ3n) is 5.07. The van der Waals surface area contributed by atoms with Gasteiger partial charge in [0.1, 0.15) is 0 Å². The highest BCUT2D eigenvalue weighted by Gasteiger charge is 2.15. The van der Waals surface area contributed by atoms with Crippen molar-refractivity contribution in [3.05, 3.63) is 70.3 Å². The van der Waals surface area contributed by atoms with E-state index in [0.717, 1.165) is 12.1 Å². The van der Waals surface area contributed by atoms with Crippen molar-refractivity contribution in [2.75, 3.05) is 13.1 Å². The van der Waals surface area contributed by atoms with Gasteiger partial charge in [-0.1, -0.05) is 35.9 Å². The average molecular weight is 336 g/mol. The van der Waals surface area contributed by atoms with Gasteiger partial charge in [-0.2, -0.15) is 0 Å². The van der Waals surface area contributed by atoms with Crippen molar-refractivity contribution < 1.29 is 4.79 Å². The van der Waals surface area contributed by atoms with E-state index in [9.17, 15) is 4.79 Å². The van der Waals surface area contributed by atoms with Gasteiger partial charge in [-0.25, -0.2) is 0 Å². The molecular formula is C22H28N2O. The smallest absolute Gasteiger partial charge is 0.251 e. The quantitative estimate of drug-likeness (QED) is 0.878. The zero-order chi connectivity index (χ0) is 17.8. The number of hydrogen-bond acceptors (Lipinski definition) is 2. The number of nitrogens with one attached hydrogen (secondary N) is 1. The third kappa shape index (κ3) is 4.49. The molecule has 3 nitrogen and oxygen atoms in total. The van der Waals surface area contributed by atoms with Gasteiger partial charge in [0.2, 0.25) is 0 Å². The van der Waals surface area contributed by atoms with Gasteiger partial charge < -0.3 is 5.32 Å². The fraction of sp³-hybridized carbons (Fsp3) is 0.409. The second-order valence-electron chi connectivity index (χ2n) is 7.24. The van der Waals surface area contributed by atoms with Crippen LogP contribution in [0.3, 0.4) is 0 Å². The van der Waals surface area contributed by atoms with Crippen LogP contribution in [0.5, 0.6) is 0 Å². The minimum absolute atomic E-state index is 0.00308. The SMILES string of the molecule is Cc1ccc(C)c(C(C)NC(=O)c2ccc(CN3CCCC3)cc2)c1. The van der Waals surface area contributed by atoms with Crippen LogP contribution >= 0.6 is 0 Å². The first-order valence-electron chi connectivity index (χ1n) is 9.22.